The summed E-state index contributed by atoms with van der Waals surface area (Å²) < 4.78 is 0. The molecule has 0 amide bonds. The van der Waals surface area contributed by atoms with Crippen molar-refractivity contribution in [3.05, 3.63) is 57.8 Å². The summed E-state index contributed by atoms with van der Waals surface area (Å²) in [5, 5.41) is 5.30. The van der Waals surface area contributed by atoms with E-state index in [4.69, 9.17) is 5.73 Å². The molecule has 1 heterocycles. The number of aryl methyl sites for hydroxylation is 1. The predicted octanol–water partition coefficient (Wildman–Crippen LogP) is 3.54. The summed E-state index contributed by atoms with van der Waals surface area (Å²) in [5.74, 6) is 1.09. The largest absolute Gasteiger partial charge is 0.370 e. The third kappa shape index (κ3) is 4.46. The summed E-state index contributed by atoms with van der Waals surface area (Å²) in [5.41, 5.74) is 8.88. The van der Waals surface area contributed by atoms with Crippen molar-refractivity contribution in [3.63, 3.8) is 0 Å². The van der Waals surface area contributed by atoms with Crippen molar-refractivity contribution in [2.75, 3.05) is 13.1 Å². The number of rotatable bonds is 5. The van der Waals surface area contributed by atoms with Gasteiger partial charge in [0.25, 0.3) is 0 Å². The van der Waals surface area contributed by atoms with Crippen LogP contribution in [0.15, 0.2) is 46.8 Å². The Morgan fingerprint density at radius 1 is 1.27 bits per heavy atom. The van der Waals surface area contributed by atoms with Crippen LogP contribution < -0.4 is 11.1 Å². The molecule has 2 aromatic rings. The Morgan fingerprint density at radius 2 is 2.14 bits per heavy atom. The first-order valence-electron chi connectivity index (χ1n) is 7.47. The van der Waals surface area contributed by atoms with Crippen LogP contribution in [-0.2, 0) is 12.8 Å². The second kappa shape index (κ2) is 8.53. The number of nitrogens with two attached hydrogens (primary N) is 1. The molecule has 3 N–H and O–H groups in total. The molecule has 0 radical (unpaired) electrons. The molecule has 0 spiro atoms. The lowest BCUT2D eigenvalue weighted by Gasteiger charge is -2.10. The van der Waals surface area contributed by atoms with Crippen molar-refractivity contribution in [1.29, 1.82) is 0 Å². The van der Waals surface area contributed by atoms with Crippen LogP contribution in [0.3, 0.4) is 0 Å². The summed E-state index contributed by atoms with van der Waals surface area (Å²) in [7, 11) is 0. The lowest BCUT2D eigenvalue weighted by molar-refractivity contribution is 0.685. The zero-order valence-electron chi connectivity index (χ0n) is 12.5. The van der Waals surface area contributed by atoms with Gasteiger partial charge in [-0.2, -0.15) is 0 Å². The van der Waals surface area contributed by atoms with Crippen LogP contribution in [0, 0.1) is 0 Å². The number of benzene rings is 1. The van der Waals surface area contributed by atoms with E-state index in [0.29, 0.717) is 11.9 Å². The van der Waals surface area contributed by atoms with E-state index in [2.05, 4.69) is 52.1 Å². The molecule has 118 valence electrons. The molecule has 3 rings (SSSR count). The number of guanidine groups is 1. The first-order chi connectivity index (χ1) is 10.3. The highest BCUT2D eigenvalue weighted by atomic mass is 127. The van der Waals surface area contributed by atoms with Crippen molar-refractivity contribution < 1.29 is 0 Å². The zero-order chi connectivity index (χ0) is 14.5. The Morgan fingerprint density at radius 3 is 2.95 bits per heavy atom. The average molecular weight is 427 g/mol. The lowest BCUT2D eigenvalue weighted by Crippen LogP contribution is -2.33. The van der Waals surface area contributed by atoms with Crippen LogP contribution in [0.1, 0.15) is 28.3 Å². The SMILES string of the molecule is I.NC(=NCC1CCc2ccccc21)NCCc1cccs1. The van der Waals surface area contributed by atoms with E-state index in [1.54, 1.807) is 11.3 Å². The lowest BCUT2D eigenvalue weighted by atomic mass is 10.0. The van der Waals surface area contributed by atoms with Crippen LogP contribution in [0.25, 0.3) is 0 Å². The standard InChI is InChI=1S/C17H21N3S.HI/c18-17(19-10-9-15-5-3-11-21-15)20-12-14-8-7-13-4-1-2-6-16(13)14;/h1-6,11,14H,7-10,12H2,(H3,18,19,20);1H. The Bertz CT molecular complexity index is 610. The van der Waals surface area contributed by atoms with Gasteiger partial charge in [-0.1, -0.05) is 30.3 Å². The highest BCUT2D eigenvalue weighted by Crippen LogP contribution is 2.32. The van der Waals surface area contributed by atoms with E-state index in [9.17, 15) is 0 Å². The van der Waals surface area contributed by atoms with Gasteiger partial charge in [0.05, 0.1) is 0 Å². The Kier molecular flexibility index (Phi) is 6.70. The maximum Gasteiger partial charge on any atom is 0.188 e. The van der Waals surface area contributed by atoms with Crippen molar-refractivity contribution in [3.8, 4) is 0 Å². The van der Waals surface area contributed by atoms with Crippen LogP contribution in [-0.4, -0.2) is 19.0 Å². The van der Waals surface area contributed by atoms with Gasteiger partial charge in [0.1, 0.15) is 0 Å². The van der Waals surface area contributed by atoms with Crippen LogP contribution in [0.5, 0.6) is 0 Å². The molecule has 3 nitrogen and oxygen atoms in total. The fourth-order valence-corrected chi connectivity index (χ4v) is 3.58. The molecule has 0 saturated carbocycles. The summed E-state index contributed by atoms with van der Waals surface area (Å²) >= 11 is 1.78. The smallest absolute Gasteiger partial charge is 0.188 e. The third-order valence-electron chi connectivity index (χ3n) is 4.00. The van der Waals surface area contributed by atoms with Crippen LogP contribution in [0.2, 0.25) is 0 Å². The highest BCUT2D eigenvalue weighted by Gasteiger charge is 2.21. The Balaban J connectivity index is 0.00000176. The van der Waals surface area contributed by atoms with E-state index in [1.165, 1.54) is 28.8 Å². The third-order valence-corrected chi connectivity index (χ3v) is 4.93. The van der Waals surface area contributed by atoms with Crippen molar-refractivity contribution in [2.45, 2.75) is 25.2 Å². The predicted molar refractivity (Wildman–Crippen MR) is 105 cm³/mol. The number of thiophene rings is 1. The van der Waals surface area contributed by atoms with Gasteiger partial charge >= 0.3 is 0 Å². The second-order valence-electron chi connectivity index (χ2n) is 5.42. The van der Waals surface area contributed by atoms with E-state index >= 15 is 0 Å². The molecule has 22 heavy (non-hydrogen) atoms. The summed E-state index contributed by atoms with van der Waals surface area (Å²) in [6.07, 6.45) is 3.35. The van der Waals surface area contributed by atoms with Crippen molar-refractivity contribution >= 4 is 41.3 Å². The first-order valence-corrected chi connectivity index (χ1v) is 8.35. The number of fused-ring (bicyclic) bond motifs is 1. The normalized spacial score (nSPS) is 16.9. The van der Waals surface area contributed by atoms with E-state index in [1.807, 2.05) is 0 Å². The molecule has 0 saturated heterocycles. The number of halogens is 1. The van der Waals surface area contributed by atoms with Crippen molar-refractivity contribution in [1.82, 2.24) is 5.32 Å². The molecule has 1 aromatic heterocycles. The van der Waals surface area contributed by atoms with Gasteiger partial charge in [-0.25, -0.2) is 0 Å². The van der Waals surface area contributed by atoms with Gasteiger partial charge in [0, 0.05) is 23.9 Å². The molecule has 1 aromatic carbocycles. The van der Waals surface area contributed by atoms with Crippen LogP contribution >= 0.6 is 35.3 Å². The van der Waals surface area contributed by atoms with Crippen molar-refractivity contribution in [2.24, 2.45) is 10.7 Å². The topological polar surface area (TPSA) is 50.4 Å². The maximum atomic E-state index is 5.95. The molecule has 5 heteroatoms. The number of nitrogens with one attached hydrogen (secondary N) is 1. The summed E-state index contributed by atoms with van der Waals surface area (Å²) in [4.78, 5) is 5.89. The summed E-state index contributed by atoms with van der Waals surface area (Å²) in [6, 6.07) is 12.9. The average Bonchev–Trinajstić information content (AvgIpc) is 3.14. The Hall–Kier alpha value is -1.08. The van der Waals surface area contributed by atoms with E-state index in [-0.39, 0.29) is 24.0 Å². The molecule has 1 aliphatic rings. The zero-order valence-corrected chi connectivity index (χ0v) is 15.6. The van der Waals surface area contributed by atoms with Gasteiger partial charge in [-0.15, -0.1) is 35.3 Å². The van der Waals surface area contributed by atoms with Gasteiger partial charge < -0.3 is 11.1 Å². The van der Waals surface area contributed by atoms with E-state index < -0.39 is 0 Å². The Labute approximate surface area is 153 Å². The van der Waals surface area contributed by atoms with Crippen LogP contribution in [0.4, 0.5) is 0 Å². The quantitative estimate of drug-likeness (QED) is 0.436. The number of nitrogens with zero attached hydrogens (tertiary/aromatic N) is 1. The number of hydrogen-bond acceptors (Lipinski definition) is 2. The number of aliphatic imine (C=N–C) groups is 1. The number of hydrogen-bond donors (Lipinski definition) is 2. The second-order valence-corrected chi connectivity index (χ2v) is 6.45. The fourth-order valence-electron chi connectivity index (χ4n) is 2.87. The molecule has 0 fully saturated rings. The summed E-state index contributed by atoms with van der Waals surface area (Å²) in [6.45, 7) is 1.63. The molecular weight excluding hydrogens is 405 g/mol. The minimum Gasteiger partial charge on any atom is -0.370 e. The minimum absolute atomic E-state index is 0. The molecule has 1 aliphatic carbocycles. The molecule has 0 aliphatic heterocycles. The molecule has 1 atom stereocenters. The van der Waals surface area contributed by atoms with Gasteiger partial charge in [0.2, 0.25) is 0 Å². The molecule has 0 bridgehead atoms. The monoisotopic (exact) mass is 427 g/mol. The molecular formula is C17H22IN3S. The first kappa shape index (κ1) is 17.3. The van der Waals surface area contributed by atoms with Gasteiger partial charge in [0.15, 0.2) is 5.96 Å². The highest BCUT2D eigenvalue weighted by molar-refractivity contribution is 14.0. The minimum atomic E-state index is 0. The van der Waals surface area contributed by atoms with E-state index in [0.717, 1.165) is 19.5 Å². The maximum absolute atomic E-state index is 5.95. The van der Waals surface area contributed by atoms with Gasteiger partial charge in [-0.05, 0) is 41.8 Å². The van der Waals surface area contributed by atoms with Gasteiger partial charge in [-0.3, -0.25) is 4.99 Å². The molecule has 1 unspecified atom stereocenters. The fraction of sp³-hybridized carbons (Fsp3) is 0.353.